The lowest BCUT2D eigenvalue weighted by Crippen LogP contribution is -2.26. The standard InChI is InChI=1S/C18H28N5PS/c1-4-23(11-8-10-19)12-13-24-16-22-18(21-15-20)25-14-7-5-6-9-17(2)3/h5-7,9,14-16,20,24H,4,8,11-13H2,1-3H3/b6-5-,14-7+,20-15?,21-18?,22-16+. The molecule has 0 aromatic rings. The van der Waals surface area contributed by atoms with E-state index < -0.39 is 0 Å². The zero-order valence-corrected chi connectivity index (χ0v) is 17.1. The van der Waals surface area contributed by atoms with Gasteiger partial charge >= 0.3 is 0 Å². The number of nitrogens with zero attached hydrogens (tertiary/aromatic N) is 4. The minimum absolute atomic E-state index is 0.561. The molecule has 0 bridgehead atoms. The molecule has 7 heteroatoms. The van der Waals surface area contributed by atoms with E-state index in [0.29, 0.717) is 20.2 Å². The van der Waals surface area contributed by atoms with Gasteiger partial charge in [-0.05, 0) is 32.0 Å². The van der Waals surface area contributed by atoms with Gasteiger partial charge in [0.1, 0.15) is 6.34 Å². The molecule has 0 amide bonds. The maximum atomic E-state index is 8.63. The Hall–Kier alpha value is -1.54. The first-order valence-electron chi connectivity index (χ1n) is 8.19. The Labute approximate surface area is 158 Å². The summed E-state index contributed by atoms with van der Waals surface area (Å²) < 4.78 is 0. The largest absolute Gasteiger partial charge is 0.302 e. The van der Waals surface area contributed by atoms with Crippen LogP contribution in [0.25, 0.3) is 0 Å². The molecule has 0 saturated carbocycles. The molecule has 0 aromatic carbocycles. The number of nitriles is 1. The summed E-state index contributed by atoms with van der Waals surface area (Å²) in [5.41, 5.74) is 1.25. The molecule has 1 atom stereocenters. The Morgan fingerprint density at radius 2 is 2.08 bits per heavy atom. The molecule has 0 spiro atoms. The molecule has 0 rings (SSSR count). The third-order valence-corrected chi connectivity index (χ3v) is 4.44. The Morgan fingerprint density at radius 3 is 2.72 bits per heavy atom. The van der Waals surface area contributed by atoms with Crippen LogP contribution in [0.4, 0.5) is 0 Å². The number of thioether (sulfide) groups is 1. The Bertz CT molecular complexity index is 554. The van der Waals surface area contributed by atoms with Crippen molar-refractivity contribution in [3.63, 3.8) is 0 Å². The highest BCUT2D eigenvalue weighted by Gasteiger charge is 2.00. The molecule has 0 radical (unpaired) electrons. The number of hydrogen-bond donors (Lipinski definition) is 1. The van der Waals surface area contributed by atoms with E-state index in [9.17, 15) is 0 Å². The molecular formula is C18H28N5PS. The van der Waals surface area contributed by atoms with E-state index in [-0.39, 0.29) is 0 Å². The summed E-state index contributed by atoms with van der Waals surface area (Å²) in [6, 6.07) is 2.18. The molecule has 0 saturated heterocycles. The van der Waals surface area contributed by atoms with Crippen molar-refractivity contribution in [1.29, 1.82) is 10.7 Å². The van der Waals surface area contributed by atoms with Crippen LogP contribution in [0, 0.1) is 16.7 Å². The lowest BCUT2D eigenvalue weighted by molar-refractivity contribution is 0.313. The minimum atomic E-state index is 0.561. The SMILES string of the molecule is CCN(CCC#N)CCP/C=N/C(=NC=N)S/C=C/C=C\C=C(C)C. The van der Waals surface area contributed by atoms with Crippen LogP contribution in [0.3, 0.4) is 0 Å². The summed E-state index contributed by atoms with van der Waals surface area (Å²) in [6.07, 6.45) is 10.5. The van der Waals surface area contributed by atoms with E-state index >= 15 is 0 Å². The van der Waals surface area contributed by atoms with Crippen molar-refractivity contribution in [3.8, 4) is 6.07 Å². The second kappa shape index (κ2) is 17.3. The number of aliphatic imine (C=N–C) groups is 2. The summed E-state index contributed by atoms with van der Waals surface area (Å²) >= 11 is 1.39. The van der Waals surface area contributed by atoms with Gasteiger partial charge in [0.05, 0.1) is 6.07 Å². The van der Waals surface area contributed by atoms with E-state index in [1.165, 1.54) is 17.3 Å². The second-order valence-electron chi connectivity index (χ2n) is 5.17. The van der Waals surface area contributed by atoms with Gasteiger partial charge in [-0.1, -0.05) is 57.1 Å². The zero-order valence-electron chi connectivity index (χ0n) is 15.3. The highest BCUT2D eigenvalue weighted by atomic mass is 32.2. The van der Waals surface area contributed by atoms with Gasteiger partial charge in [-0.15, -0.1) is 0 Å². The molecule has 1 unspecified atom stereocenters. The fraction of sp³-hybridized carbons (Fsp3) is 0.444. The van der Waals surface area contributed by atoms with Gasteiger partial charge in [-0.2, -0.15) is 5.26 Å². The number of hydrogen-bond acceptors (Lipinski definition) is 4. The van der Waals surface area contributed by atoms with Crippen LogP contribution in [0.2, 0.25) is 0 Å². The highest BCUT2D eigenvalue weighted by molar-refractivity contribution is 8.16. The molecule has 1 N–H and O–H groups in total. The number of rotatable bonds is 11. The van der Waals surface area contributed by atoms with Crippen molar-refractivity contribution in [2.75, 3.05) is 25.8 Å². The molecule has 0 aliphatic rings. The molecule has 136 valence electrons. The summed E-state index contributed by atoms with van der Waals surface area (Å²) in [5.74, 6) is 1.88. The van der Waals surface area contributed by atoms with Gasteiger partial charge in [0.15, 0.2) is 5.17 Å². The second-order valence-corrected chi connectivity index (χ2v) is 7.21. The van der Waals surface area contributed by atoms with Crippen LogP contribution in [-0.4, -0.2) is 48.2 Å². The molecule has 5 nitrogen and oxygen atoms in total. The maximum absolute atomic E-state index is 8.63. The predicted octanol–water partition coefficient (Wildman–Crippen LogP) is 4.66. The third-order valence-electron chi connectivity index (χ3n) is 2.90. The first-order chi connectivity index (χ1) is 12.1. The quantitative estimate of drug-likeness (QED) is 0.187. The summed E-state index contributed by atoms with van der Waals surface area (Å²) in [4.78, 5) is 10.6. The van der Waals surface area contributed by atoms with Crippen molar-refractivity contribution in [2.24, 2.45) is 9.98 Å². The first kappa shape index (κ1) is 23.5. The van der Waals surface area contributed by atoms with Crippen LogP contribution in [0.15, 0.2) is 45.3 Å². The van der Waals surface area contributed by atoms with Crippen molar-refractivity contribution in [2.45, 2.75) is 27.2 Å². The monoisotopic (exact) mass is 377 g/mol. The molecule has 0 aromatic heterocycles. The van der Waals surface area contributed by atoms with Crippen LogP contribution < -0.4 is 0 Å². The van der Waals surface area contributed by atoms with E-state index in [1.807, 2.05) is 35.7 Å². The Balaban J connectivity index is 4.24. The summed E-state index contributed by atoms with van der Waals surface area (Å²) in [6.45, 7) is 8.98. The average molecular weight is 377 g/mol. The summed E-state index contributed by atoms with van der Waals surface area (Å²) in [7, 11) is 0.601. The van der Waals surface area contributed by atoms with Gasteiger partial charge in [-0.3, -0.25) is 5.41 Å². The van der Waals surface area contributed by atoms with Gasteiger partial charge in [0.2, 0.25) is 0 Å². The van der Waals surface area contributed by atoms with Gasteiger partial charge in [-0.25, -0.2) is 9.98 Å². The maximum Gasteiger partial charge on any atom is 0.193 e. The third kappa shape index (κ3) is 15.7. The van der Waals surface area contributed by atoms with E-state index in [1.54, 1.807) is 0 Å². The van der Waals surface area contributed by atoms with Gasteiger partial charge < -0.3 is 4.90 Å². The fourth-order valence-corrected chi connectivity index (χ4v) is 3.03. The Kier molecular flexibility index (Phi) is 16.2. The number of nitrogens with one attached hydrogen (secondary N) is 1. The van der Waals surface area contributed by atoms with Crippen LogP contribution in [0.1, 0.15) is 27.2 Å². The Morgan fingerprint density at radius 1 is 1.28 bits per heavy atom. The summed E-state index contributed by atoms with van der Waals surface area (Å²) in [5, 5.41) is 18.2. The number of allylic oxidation sites excluding steroid dienone is 5. The van der Waals surface area contributed by atoms with Gasteiger partial charge in [0.25, 0.3) is 0 Å². The molecule has 0 fully saturated rings. The van der Waals surface area contributed by atoms with Crippen LogP contribution in [0.5, 0.6) is 0 Å². The molecule has 25 heavy (non-hydrogen) atoms. The molecule has 0 aliphatic carbocycles. The fourth-order valence-electron chi connectivity index (χ4n) is 1.63. The first-order valence-corrected chi connectivity index (χ1v) is 10.4. The molecular weight excluding hydrogens is 349 g/mol. The predicted molar refractivity (Wildman–Crippen MR) is 116 cm³/mol. The van der Waals surface area contributed by atoms with Crippen LogP contribution >= 0.6 is 20.3 Å². The van der Waals surface area contributed by atoms with Crippen molar-refractivity contribution in [3.05, 3.63) is 35.3 Å². The van der Waals surface area contributed by atoms with E-state index in [4.69, 9.17) is 10.7 Å². The highest BCUT2D eigenvalue weighted by Crippen LogP contribution is 2.11. The zero-order chi connectivity index (χ0) is 18.8. The van der Waals surface area contributed by atoms with Crippen LogP contribution in [-0.2, 0) is 0 Å². The average Bonchev–Trinajstić information content (AvgIpc) is 2.59. The topological polar surface area (TPSA) is 75.6 Å². The number of amidine groups is 1. The van der Waals surface area contributed by atoms with Crippen molar-refractivity contribution < 1.29 is 0 Å². The smallest absolute Gasteiger partial charge is 0.193 e. The van der Waals surface area contributed by atoms with Crippen molar-refractivity contribution >= 4 is 37.8 Å². The van der Waals surface area contributed by atoms with Crippen molar-refractivity contribution in [1.82, 2.24) is 4.90 Å². The minimum Gasteiger partial charge on any atom is -0.302 e. The van der Waals surface area contributed by atoms with E-state index in [0.717, 1.165) is 32.1 Å². The van der Waals surface area contributed by atoms with Gasteiger partial charge in [0, 0.05) is 25.5 Å². The normalized spacial score (nSPS) is 12.8. The van der Waals surface area contributed by atoms with E-state index in [2.05, 4.69) is 41.7 Å². The molecule has 0 heterocycles. The lowest BCUT2D eigenvalue weighted by atomic mass is 10.3. The molecule has 0 aliphatic heterocycles. The lowest BCUT2D eigenvalue weighted by Gasteiger charge is -2.17.